The van der Waals surface area contributed by atoms with E-state index in [-0.39, 0.29) is 0 Å². The lowest BCUT2D eigenvalue weighted by atomic mass is 10.1. The number of hydrogen-bond donors (Lipinski definition) is 1. The molecule has 1 N–H and O–H groups in total. The van der Waals surface area contributed by atoms with Crippen LogP contribution in [0.3, 0.4) is 0 Å². The van der Waals surface area contributed by atoms with E-state index in [0.29, 0.717) is 6.04 Å². The van der Waals surface area contributed by atoms with Crippen LogP contribution in [0.1, 0.15) is 37.3 Å². The molecule has 3 aliphatic rings. The SMILES string of the molecule is c1ccc(C2CN(C3CCN(C4CC4)C3)CCCN2)cc1. The topological polar surface area (TPSA) is 18.5 Å². The Kier molecular flexibility index (Phi) is 3.97. The van der Waals surface area contributed by atoms with Crippen LogP contribution < -0.4 is 5.32 Å². The maximum Gasteiger partial charge on any atom is 0.0449 e. The molecule has 0 radical (unpaired) electrons. The van der Waals surface area contributed by atoms with Gasteiger partial charge < -0.3 is 5.32 Å². The highest BCUT2D eigenvalue weighted by atomic mass is 15.3. The van der Waals surface area contributed by atoms with E-state index in [1.807, 2.05) is 0 Å². The van der Waals surface area contributed by atoms with Crippen LogP contribution in [-0.4, -0.2) is 54.6 Å². The van der Waals surface area contributed by atoms with Gasteiger partial charge >= 0.3 is 0 Å². The number of rotatable bonds is 3. The largest absolute Gasteiger partial charge is 0.309 e. The summed E-state index contributed by atoms with van der Waals surface area (Å²) >= 11 is 0. The van der Waals surface area contributed by atoms with Gasteiger partial charge in [-0.1, -0.05) is 30.3 Å². The first kappa shape index (κ1) is 13.7. The van der Waals surface area contributed by atoms with E-state index in [1.54, 1.807) is 0 Å². The third kappa shape index (κ3) is 3.15. The van der Waals surface area contributed by atoms with Gasteiger partial charge in [-0.3, -0.25) is 9.80 Å². The number of benzene rings is 1. The van der Waals surface area contributed by atoms with Crippen molar-refractivity contribution in [3.63, 3.8) is 0 Å². The number of hydrogen-bond acceptors (Lipinski definition) is 3. The molecule has 2 aliphatic heterocycles. The van der Waals surface area contributed by atoms with Gasteiger partial charge in [0.25, 0.3) is 0 Å². The van der Waals surface area contributed by atoms with Crippen molar-refractivity contribution in [3.8, 4) is 0 Å². The molecule has 114 valence electrons. The molecule has 3 nitrogen and oxygen atoms in total. The third-order valence-corrected chi connectivity index (χ3v) is 5.41. The highest BCUT2D eigenvalue weighted by Crippen LogP contribution is 2.32. The summed E-state index contributed by atoms with van der Waals surface area (Å²) in [5.41, 5.74) is 1.45. The number of nitrogens with one attached hydrogen (secondary N) is 1. The van der Waals surface area contributed by atoms with E-state index in [0.717, 1.165) is 18.6 Å². The lowest BCUT2D eigenvalue weighted by Gasteiger charge is -2.30. The van der Waals surface area contributed by atoms with Crippen molar-refractivity contribution >= 4 is 0 Å². The van der Waals surface area contributed by atoms with E-state index in [2.05, 4.69) is 45.4 Å². The third-order valence-electron chi connectivity index (χ3n) is 5.41. The minimum atomic E-state index is 0.503. The van der Waals surface area contributed by atoms with Crippen molar-refractivity contribution in [2.75, 3.05) is 32.7 Å². The van der Waals surface area contributed by atoms with Crippen LogP contribution in [0.25, 0.3) is 0 Å². The van der Waals surface area contributed by atoms with Gasteiger partial charge in [-0.15, -0.1) is 0 Å². The van der Waals surface area contributed by atoms with E-state index < -0.39 is 0 Å². The van der Waals surface area contributed by atoms with Crippen LogP contribution >= 0.6 is 0 Å². The molecule has 21 heavy (non-hydrogen) atoms. The molecule has 2 atom stereocenters. The van der Waals surface area contributed by atoms with Gasteiger partial charge in [0.2, 0.25) is 0 Å². The van der Waals surface area contributed by atoms with Crippen molar-refractivity contribution in [2.45, 2.75) is 43.8 Å². The van der Waals surface area contributed by atoms with Crippen LogP contribution in [0.4, 0.5) is 0 Å². The van der Waals surface area contributed by atoms with Gasteiger partial charge in [0.05, 0.1) is 0 Å². The van der Waals surface area contributed by atoms with Crippen molar-refractivity contribution in [1.82, 2.24) is 15.1 Å². The Bertz CT molecular complexity index is 457. The van der Waals surface area contributed by atoms with Crippen LogP contribution in [0.15, 0.2) is 30.3 Å². The van der Waals surface area contributed by atoms with Gasteiger partial charge in [0, 0.05) is 37.8 Å². The van der Waals surface area contributed by atoms with Gasteiger partial charge in [-0.25, -0.2) is 0 Å². The summed E-state index contributed by atoms with van der Waals surface area (Å²) < 4.78 is 0. The molecule has 2 heterocycles. The van der Waals surface area contributed by atoms with E-state index in [1.165, 1.54) is 57.4 Å². The Labute approximate surface area is 128 Å². The molecule has 0 spiro atoms. The average Bonchev–Trinajstić information content (AvgIpc) is 3.31. The molecule has 1 aromatic rings. The van der Waals surface area contributed by atoms with Crippen LogP contribution in [0.5, 0.6) is 0 Å². The van der Waals surface area contributed by atoms with E-state index in [9.17, 15) is 0 Å². The van der Waals surface area contributed by atoms with Gasteiger partial charge in [0.15, 0.2) is 0 Å². The molecule has 1 saturated carbocycles. The number of likely N-dealkylation sites (tertiary alicyclic amines) is 1. The minimum absolute atomic E-state index is 0.503. The Morgan fingerprint density at radius 2 is 1.67 bits per heavy atom. The highest BCUT2D eigenvalue weighted by Gasteiger charge is 2.37. The van der Waals surface area contributed by atoms with Gasteiger partial charge in [0.1, 0.15) is 0 Å². The molecular formula is C18H27N3. The molecule has 1 aliphatic carbocycles. The Balaban J connectivity index is 1.42. The summed E-state index contributed by atoms with van der Waals surface area (Å²) in [6, 6.07) is 13.2. The fourth-order valence-electron chi connectivity index (χ4n) is 4.03. The lowest BCUT2D eigenvalue weighted by molar-refractivity contribution is 0.188. The summed E-state index contributed by atoms with van der Waals surface area (Å²) in [6.07, 6.45) is 5.54. The predicted octanol–water partition coefficient (Wildman–Crippen LogP) is 2.26. The van der Waals surface area contributed by atoms with Crippen molar-refractivity contribution < 1.29 is 0 Å². The molecule has 1 aromatic carbocycles. The molecule has 3 heteroatoms. The summed E-state index contributed by atoms with van der Waals surface area (Å²) in [7, 11) is 0. The fraction of sp³-hybridized carbons (Fsp3) is 0.667. The highest BCUT2D eigenvalue weighted by molar-refractivity contribution is 5.19. The van der Waals surface area contributed by atoms with Crippen LogP contribution in [-0.2, 0) is 0 Å². The fourth-order valence-corrected chi connectivity index (χ4v) is 4.03. The van der Waals surface area contributed by atoms with E-state index in [4.69, 9.17) is 0 Å². The Hall–Kier alpha value is -0.900. The smallest absolute Gasteiger partial charge is 0.0449 e. The molecule has 0 bridgehead atoms. The predicted molar refractivity (Wildman–Crippen MR) is 86.4 cm³/mol. The monoisotopic (exact) mass is 285 g/mol. The second kappa shape index (κ2) is 6.07. The van der Waals surface area contributed by atoms with Gasteiger partial charge in [-0.05, 0) is 44.3 Å². The van der Waals surface area contributed by atoms with Crippen molar-refractivity contribution in [2.24, 2.45) is 0 Å². The van der Waals surface area contributed by atoms with Crippen molar-refractivity contribution in [3.05, 3.63) is 35.9 Å². The Morgan fingerprint density at radius 3 is 2.48 bits per heavy atom. The number of nitrogens with zero attached hydrogens (tertiary/aromatic N) is 2. The summed E-state index contributed by atoms with van der Waals surface area (Å²) in [4.78, 5) is 5.50. The zero-order valence-electron chi connectivity index (χ0n) is 12.9. The van der Waals surface area contributed by atoms with Crippen LogP contribution in [0.2, 0.25) is 0 Å². The first-order valence-electron chi connectivity index (χ1n) is 8.66. The molecule has 4 rings (SSSR count). The molecule has 0 aromatic heterocycles. The average molecular weight is 285 g/mol. The normalized spacial score (nSPS) is 32.2. The van der Waals surface area contributed by atoms with Crippen LogP contribution in [0, 0.1) is 0 Å². The molecular weight excluding hydrogens is 258 g/mol. The first-order valence-corrected chi connectivity index (χ1v) is 8.66. The van der Waals surface area contributed by atoms with E-state index >= 15 is 0 Å². The molecule has 3 fully saturated rings. The Morgan fingerprint density at radius 1 is 0.857 bits per heavy atom. The van der Waals surface area contributed by atoms with Gasteiger partial charge in [-0.2, -0.15) is 0 Å². The maximum absolute atomic E-state index is 3.74. The van der Waals surface area contributed by atoms with Crippen molar-refractivity contribution in [1.29, 1.82) is 0 Å². The molecule has 2 unspecified atom stereocenters. The zero-order valence-corrected chi connectivity index (χ0v) is 12.9. The molecule has 0 amide bonds. The summed E-state index contributed by atoms with van der Waals surface area (Å²) in [5.74, 6) is 0. The second-order valence-corrected chi connectivity index (χ2v) is 6.93. The zero-order chi connectivity index (χ0) is 14.1. The lowest BCUT2D eigenvalue weighted by Crippen LogP contribution is -2.41. The first-order chi connectivity index (χ1) is 10.4. The maximum atomic E-state index is 3.74. The minimum Gasteiger partial charge on any atom is -0.309 e. The summed E-state index contributed by atoms with van der Waals surface area (Å²) in [6.45, 7) is 6.23. The molecule has 2 saturated heterocycles. The second-order valence-electron chi connectivity index (χ2n) is 6.93. The quantitative estimate of drug-likeness (QED) is 0.919. The standard InChI is InChI=1S/C18H27N3/c1-2-5-15(6-3-1)18-14-20(11-4-10-19-18)17-9-12-21(13-17)16-7-8-16/h1-3,5-6,16-19H,4,7-14H2. The summed E-state index contributed by atoms with van der Waals surface area (Å²) in [5, 5.41) is 3.74.